The topological polar surface area (TPSA) is 24.5 Å². The molecule has 0 saturated carbocycles. The van der Waals surface area contributed by atoms with Crippen LogP contribution in [0.1, 0.15) is 24.4 Å². The van der Waals surface area contributed by atoms with E-state index >= 15 is 0 Å². The molecule has 1 N–H and O–H groups in total. The van der Waals surface area contributed by atoms with E-state index in [-0.39, 0.29) is 6.04 Å². The fraction of sp³-hybridized carbons (Fsp3) is 0.600. The van der Waals surface area contributed by atoms with Gasteiger partial charge < -0.3 is 15.0 Å². The average Bonchev–Trinajstić information content (AvgIpc) is 2.72. The standard InChI is InChI=1S/C15H22Cl2N2O/c1-18-14(12-4-2-5-13(16)15(12)17)6-8-19-7-3-10-20-11-9-19/h2,4-5,14,18H,3,6-11H2,1H3. The highest BCUT2D eigenvalue weighted by Gasteiger charge is 2.17. The monoisotopic (exact) mass is 316 g/mol. The van der Waals surface area contributed by atoms with Gasteiger partial charge >= 0.3 is 0 Å². The summed E-state index contributed by atoms with van der Waals surface area (Å²) in [4.78, 5) is 2.45. The molecule has 0 spiro atoms. The van der Waals surface area contributed by atoms with E-state index < -0.39 is 0 Å². The molecule has 1 saturated heterocycles. The molecule has 0 amide bonds. The van der Waals surface area contributed by atoms with Crippen LogP contribution in [0, 0.1) is 0 Å². The van der Waals surface area contributed by atoms with E-state index in [4.69, 9.17) is 27.9 Å². The SMILES string of the molecule is CNC(CCN1CCCOCC1)c1cccc(Cl)c1Cl. The highest BCUT2D eigenvalue weighted by atomic mass is 35.5. The molecule has 0 bridgehead atoms. The van der Waals surface area contributed by atoms with Gasteiger partial charge in [0.1, 0.15) is 0 Å². The number of nitrogens with zero attached hydrogens (tertiary/aromatic N) is 1. The summed E-state index contributed by atoms with van der Waals surface area (Å²) in [5.74, 6) is 0. The fourth-order valence-electron chi connectivity index (χ4n) is 2.58. The molecule has 1 fully saturated rings. The zero-order valence-corrected chi connectivity index (χ0v) is 13.4. The summed E-state index contributed by atoms with van der Waals surface area (Å²) >= 11 is 12.4. The number of benzene rings is 1. The minimum Gasteiger partial charge on any atom is -0.380 e. The van der Waals surface area contributed by atoms with Crippen LogP contribution in [0.25, 0.3) is 0 Å². The van der Waals surface area contributed by atoms with E-state index in [1.165, 1.54) is 0 Å². The molecule has 20 heavy (non-hydrogen) atoms. The molecule has 3 nitrogen and oxygen atoms in total. The lowest BCUT2D eigenvalue weighted by Gasteiger charge is -2.24. The molecule has 0 aromatic heterocycles. The molecule has 1 atom stereocenters. The Balaban J connectivity index is 1.96. The number of nitrogens with one attached hydrogen (secondary N) is 1. The molecular weight excluding hydrogens is 295 g/mol. The summed E-state index contributed by atoms with van der Waals surface area (Å²) in [7, 11) is 1.97. The first-order valence-corrected chi connectivity index (χ1v) is 7.89. The Hall–Kier alpha value is -0.320. The van der Waals surface area contributed by atoms with Crippen LogP contribution in [0.3, 0.4) is 0 Å². The van der Waals surface area contributed by atoms with Crippen molar-refractivity contribution in [2.75, 3.05) is 39.9 Å². The average molecular weight is 317 g/mol. The maximum atomic E-state index is 6.31. The highest BCUT2D eigenvalue weighted by Crippen LogP contribution is 2.31. The summed E-state index contributed by atoms with van der Waals surface area (Å²) in [5, 5.41) is 4.62. The number of ether oxygens (including phenoxy) is 1. The van der Waals surface area contributed by atoms with Gasteiger partial charge in [-0.1, -0.05) is 35.3 Å². The van der Waals surface area contributed by atoms with Crippen LogP contribution >= 0.6 is 23.2 Å². The van der Waals surface area contributed by atoms with Crippen LogP contribution in [0.2, 0.25) is 10.0 Å². The van der Waals surface area contributed by atoms with Gasteiger partial charge in [-0.3, -0.25) is 0 Å². The molecule has 0 aliphatic carbocycles. The minimum absolute atomic E-state index is 0.227. The molecule has 1 aliphatic heterocycles. The molecule has 1 unspecified atom stereocenters. The van der Waals surface area contributed by atoms with Crippen molar-refractivity contribution in [1.29, 1.82) is 0 Å². The Morgan fingerprint density at radius 2 is 2.15 bits per heavy atom. The lowest BCUT2D eigenvalue weighted by molar-refractivity contribution is 0.140. The number of rotatable bonds is 5. The summed E-state index contributed by atoms with van der Waals surface area (Å²) in [5.41, 5.74) is 1.08. The van der Waals surface area contributed by atoms with Crippen molar-refractivity contribution in [2.24, 2.45) is 0 Å². The molecule has 1 aromatic rings. The Kier molecular flexibility index (Phi) is 6.59. The van der Waals surface area contributed by atoms with Gasteiger partial charge in [-0.05, 0) is 31.5 Å². The van der Waals surface area contributed by atoms with Crippen molar-refractivity contribution in [3.8, 4) is 0 Å². The summed E-state index contributed by atoms with van der Waals surface area (Å²) in [6, 6.07) is 6.05. The molecule has 1 aromatic carbocycles. The van der Waals surface area contributed by atoms with Crippen LogP contribution < -0.4 is 5.32 Å². The molecule has 2 rings (SSSR count). The molecule has 1 aliphatic rings. The number of hydrogen-bond donors (Lipinski definition) is 1. The first-order valence-electron chi connectivity index (χ1n) is 7.13. The quantitative estimate of drug-likeness (QED) is 0.901. The molecule has 5 heteroatoms. The first-order chi connectivity index (χ1) is 9.72. The minimum atomic E-state index is 0.227. The second-order valence-electron chi connectivity index (χ2n) is 5.08. The van der Waals surface area contributed by atoms with Crippen molar-refractivity contribution in [1.82, 2.24) is 10.2 Å². The zero-order chi connectivity index (χ0) is 14.4. The summed E-state index contributed by atoms with van der Waals surface area (Å²) in [6.07, 6.45) is 2.12. The summed E-state index contributed by atoms with van der Waals surface area (Å²) < 4.78 is 5.48. The largest absolute Gasteiger partial charge is 0.380 e. The maximum absolute atomic E-state index is 6.31. The van der Waals surface area contributed by atoms with Gasteiger partial charge in [0.05, 0.1) is 16.7 Å². The third-order valence-electron chi connectivity index (χ3n) is 3.75. The van der Waals surface area contributed by atoms with Gasteiger partial charge in [0.25, 0.3) is 0 Å². The van der Waals surface area contributed by atoms with Crippen LogP contribution in [-0.4, -0.2) is 44.8 Å². The van der Waals surface area contributed by atoms with Gasteiger partial charge in [0.2, 0.25) is 0 Å². The van der Waals surface area contributed by atoms with Crippen molar-refractivity contribution in [3.63, 3.8) is 0 Å². The molecule has 1 heterocycles. The Morgan fingerprint density at radius 1 is 1.30 bits per heavy atom. The highest BCUT2D eigenvalue weighted by molar-refractivity contribution is 6.42. The van der Waals surface area contributed by atoms with Gasteiger partial charge in [-0.25, -0.2) is 0 Å². The second-order valence-corrected chi connectivity index (χ2v) is 5.87. The number of hydrogen-bond acceptors (Lipinski definition) is 3. The zero-order valence-electron chi connectivity index (χ0n) is 11.9. The predicted octanol–water partition coefficient (Wildman–Crippen LogP) is 3.37. The normalized spacial score (nSPS) is 18.8. The van der Waals surface area contributed by atoms with Crippen molar-refractivity contribution >= 4 is 23.2 Å². The van der Waals surface area contributed by atoms with Crippen LogP contribution in [-0.2, 0) is 4.74 Å². The maximum Gasteiger partial charge on any atom is 0.0640 e. The van der Waals surface area contributed by atoms with E-state index in [1.807, 2.05) is 25.2 Å². The fourth-order valence-corrected chi connectivity index (χ4v) is 3.02. The Bertz CT molecular complexity index is 420. The molecule has 0 radical (unpaired) electrons. The van der Waals surface area contributed by atoms with E-state index in [1.54, 1.807) is 0 Å². The van der Waals surface area contributed by atoms with Crippen LogP contribution in [0.4, 0.5) is 0 Å². The Morgan fingerprint density at radius 3 is 2.95 bits per heavy atom. The van der Waals surface area contributed by atoms with Crippen molar-refractivity contribution in [3.05, 3.63) is 33.8 Å². The smallest absolute Gasteiger partial charge is 0.0640 e. The molecular formula is C15H22Cl2N2O. The third-order valence-corrected chi connectivity index (χ3v) is 4.59. The van der Waals surface area contributed by atoms with E-state index in [9.17, 15) is 0 Å². The van der Waals surface area contributed by atoms with E-state index in [0.717, 1.165) is 51.3 Å². The lowest BCUT2D eigenvalue weighted by atomic mass is 10.0. The third kappa shape index (κ3) is 4.34. The van der Waals surface area contributed by atoms with Gasteiger partial charge in [0, 0.05) is 32.3 Å². The van der Waals surface area contributed by atoms with Crippen LogP contribution in [0.15, 0.2) is 18.2 Å². The second kappa shape index (κ2) is 8.20. The predicted molar refractivity (Wildman–Crippen MR) is 84.8 cm³/mol. The molecule has 112 valence electrons. The lowest BCUT2D eigenvalue weighted by Crippen LogP contribution is -2.30. The van der Waals surface area contributed by atoms with Crippen molar-refractivity contribution < 1.29 is 4.74 Å². The first kappa shape index (κ1) is 16.1. The summed E-state index contributed by atoms with van der Waals surface area (Å²) in [6.45, 7) is 4.88. The Labute approximate surface area is 131 Å². The van der Waals surface area contributed by atoms with Gasteiger partial charge in [-0.15, -0.1) is 0 Å². The number of halogens is 2. The van der Waals surface area contributed by atoms with Gasteiger partial charge in [-0.2, -0.15) is 0 Å². The van der Waals surface area contributed by atoms with Gasteiger partial charge in [0.15, 0.2) is 0 Å². The van der Waals surface area contributed by atoms with Crippen molar-refractivity contribution in [2.45, 2.75) is 18.9 Å². The van der Waals surface area contributed by atoms with E-state index in [0.29, 0.717) is 10.0 Å². The van der Waals surface area contributed by atoms with Crippen LogP contribution in [0.5, 0.6) is 0 Å². The van der Waals surface area contributed by atoms with E-state index in [2.05, 4.69) is 10.2 Å².